The molecular formula is C10H20N2O2S. The molecule has 2 rings (SSSR count). The Morgan fingerprint density at radius 1 is 1.47 bits per heavy atom. The van der Waals surface area contributed by atoms with Gasteiger partial charge in [-0.05, 0) is 33.4 Å². The highest BCUT2D eigenvalue weighted by Gasteiger charge is 2.40. The molecule has 2 aliphatic rings. The Labute approximate surface area is 91.9 Å². The first-order valence-electron chi connectivity index (χ1n) is 5.55. The fourth-order valence-electron chi connectivity index (χ4n) is 2.67. The lowest BCUT2D eigenvalue weighted by molar-refractivity contribution is 0.328. The highest BCUT2D eigenvalue weighted by molar-refractivity contribution is 7.91. The van der Waals surface area contributed by atoms with E-state index < -0.39 is 9.84 Å². The van der Waals surface area contributed by atoms with Crippen molar-refractivity contribution in [2.24, 2.45) is 0 Å². The molecule has 15 heavy (non-hydrogen) atoms. The second kappa shape index (κ2) is 3.71. The van der Waals surface area contributed by atoms with Crippen molar-refractivity contribution in [2.75, 3.05) is 31.6 Å². The number of nitrogens with one attached hydrogen (secondary N) is 1. The van der Waals surface area contributed by atoms with Crippen LogP contribution < -0.4 is 5.32 Å². The van der Waals surface area contributed by atoms with Gasteiger partial charge in [0, 0.05) is 18.1 Å². The largest absolute Gasteiger partial charge is 0.306 e. The van der Waals surface area contributed by atoms with Crippen LogP contribution in [0.15, 0.2) is 0 Å². The highest BCUT2D eigenvalue weighted by Crippen LogP contribution is 2.24. The second-order valence-electron chi connectivity index (χ2n) is 5.29. The smallest absolute Gasteiger partial charge is 0.152 e. The zero-order valence-electron chi connectivity index (χ0n) is 9.49. The molecule has 4 nitrogen and oxygen atoms in total. The maximum atomic E-state index is 11.4. The molecular weight excluding hydrogens is 212 g/mol. The molecule has 88 valence electrons. The summed E-state index contributed by atoms with van der Waals surface area (Å²) in [4.78, 5) is 2.28. The second-order valence-corrected chi connectivity index (χ2v) is 7.48. The summed E-state index contributed by atoms with van der Waals surface area (Å²) in [6.07, 6.45) is 1.89. The van der Waals surface area contributed by atoms with E-state index in [1.807, 2.05) is 6.92 Å². The van der Waals surface area contributed by atoms with E-state index >= 15 is 0 Å². The Hall–Kier alpha value is -0.130. The van der Waals surface area contributed by atoms with Crippen molar-refractivity contribution in [3.63, 3.8) is 0 Å². The lowest BCUT2D eigenvalue weighted by atomic mass is 10.0. The van der Waals surface area contributed by atoms with Crippen molar-refractivity contribution in [3.8, 4) is 0 Å². The zero-order valence-corrected chi connectivity index (χ0v) is 10.3. The third-order valence-corrected chi connectivity index (χ3v) is 5.35. The number of nitrogens with zero attached hydrogens (tertiary/aromatic N) is 1. The zero-order chi connectivity index (χ0) is 11.1. The predicted octanol–water partition coefficient (Wildman–Crippen LogP) is -0.143. The van der Waals surface area contributed by atoms with E-state index in [1.165, 1.54) is 0 Å². The van der Waals surface area contributed by atoms with Crippen molar-refractivity contribution < 1.29 is 8.42 Å². The van der Waals surface area contributed by atoms with Crippen molar-refractivity contribution in [2.45, 2.75) is 31.3 Å². The first-order valence-corrected chi connectivity index (χ1v) is 7.37. The Balaban J connectivity index is 1.95. The van der Waals surface area contributed by atoms with E-state index in [-0.39, 0.29) is 5.54 Å². The van der Waals surface area contributed by atoms with E-state index in [2.05, 4.69) is 17.3 Å². The number of likely N-dealkylation sites (tertiary alicyclic amines) is 1. The maximum Gasteiger partial charge on any atom is 0.152 e. The molecule has 2 heterocycles. The molecule has 0 aromatic rings. The van der Waals surface area contributed by atoms with Crippen molar-refractivity contribution in [1.82, 2.24) is 10.2 Å². The van der Waals surface area contributed by atoms with Gasteiger partial charge in [0.05, 0.1) is 11.5 Å². The van der Waals surface area contributed by atoms with Crippen molar-refractivity contribution >= 4 is 9.84 Å². The molecule has 5 heteroatoms. The summed E-state index contributed by atoms with van der Waals surface area (Å²) in [6, 6.07) is 0.466. The van der Waals surface area contributed by atoms with Gasteiger partial charge in [0.15, 0.2) is 9.84 Å². The first kappa shape index (κ1) is 11.4. The molecule has 0 spiro atoms. The average molecular weight is 232 g/mol. The monoisotopic (exact) mass is 232 g/mol. The number of sulfone groups is 1. The fraction of sp³-hybridized carbons (Fsp3) is 1.00. The Bertz CT molecular complexity index is 341. The highest BCUT2D eigenvalue weighted by atomic mass is 32.2. The van der Waals surface area contributed by atoms with Crippen LogP contribution in [0.1, 0.15) is 19.8 Å². The molecule has 0 amide bonds. The summed E-state index contributed by atoms with van der Waals surface area (Å²) in [7, 11) is -0.679. The van der Waals surface area contributed by atoms with Gasteiger partial charge >= 0.3 is 0 Å². The topological polar surface area (TPSA) is 49.4 Å². The summed E-state index contributed by atoms with van der Waals surface area (Å²) in [5.41, 5.74) is -0.186. The molecule has 2 saturated heterocycles. The molecule has 2 aliphatic heterocycles. The van der Waals surface area contributed by atoms with E-state index in [0.717, 1.165) is 25.9 Å². The molecule has 0 saturated carbocycles. The molecule has 0 bridgehead atoms. The Kier molecular flexibility index (Phi) is 2.81. The summed E-state index contributed by atoms with van der Waals surface area (Å²) >= 11 is 0. The van der Waals surface area contributed by atoms with Gasteiger partial charge < -0.3 is 10.2 Å². The molecule has 1 N–H and O–H groups in total. The van der Waals surface area contributed by atoms with Crippen molar-refractivity contribution in [3.05, 3.63) is 0 Å². The van der Waals surface area contributed by atoms with E-state index in [0.29, 0.717) is 17.5 Å². The summed E-state index contributed by atoms with van der Waals surface area (Å²) in [6.45, 7) is 4.19. The van der Waals surface area contributed by atoms with Crippen LogP contribution in [-0.2, 0) is 9.84 Å². The standard InChI is InChI=1S/C10H20N2O2S/c1-10(4-6-15(13,14)8-10)11-9-3-5-12(2)7-9/h9,11H,3-8H2,1-2H3. The van der Waals surface area contributed by atoms with Crippen LogP contribution in [0.25, 0.3) is 0 Å². The maximum absolute atomic E-state index is 11.4. The molecule has 0 aliphatic carbocycles. The normalized spacial score (nSPS) is 41.1. The van der Waals surface area contributed by atoms with E-state index in [1.54, 1.807) is 0 Å². The summed E-state index contributed by atoms with van der Waals surface area (Å²) in [5, 5.41) is 3.52. The van der Waals surface area contributed by atoms with Crippen LogP contribution in [-0.4, -0.2) is 56.5 Å². The average Bonchev–Trinajstić information content (AvgIpc) is 2.57. The first-order chi connectivity index (χ1) is 6.89. The Morgan fingerprint density at radius 3 is 2.67 bits per heavy atom. The minimum absolute atomic E-state index is 0.186. The van der Waals surface area contributed by atoms with Gasteiger partial charge in [0.25, 0.3) is 0 Å². The van der Waals surface area contributed by atoms with Crippen LogP contribution in [0.2, 0.25) is 0 Å². The summed E-state index contributed by atoms with van der Waals surface area (Å²) in [5.74, 6) is 0.652. The third-order valence-electron chi connectivity index (χ3n) is 3.45. The van der Waals surface area contributed by atoms with Crippen molar-refractivity contribution in [1.29, 1.82) is 0 Å². The fourth-order valence-corrected chi connectivity index (χ4v) is 4.77. The van der Waals surface area contributed by atoms with Crippen LogP contribution in [0, 0.1) is 0 Å². The molecule has 2 atom stereocenters. The Morgan fingerprint density at radius 2 is 2.20 bits per heavy atom. The third kappa shape index (κ3) is 2.71. The molecule has 0 aromatic carbocycles. The lowest BCUT2D eigenvalue weighted by Gasteiger charge is -2.28. The van der Waals surface area contributed by atoms with Crippen LogP contribution in [0.5, 0.6) is 0 Å². The minimum Gasteiger partial charge on any atom is -0.306 e. The van der Waals surface area contributed by atoms with Gasteiger partial charge in [-0.1, -0.05) is 0 Å². The minimum atomic E-state index is -2.79. The van der Waals surface area contributed by atoms with Gasteiger partial charge in [-0.2, -0.15) is 0 Å². The number of likely N-dealkylation sites (N-methyl/N-ethyl adjacent to an activating group) is 1. The summed E-state index contributed by atoms with van der Waals surface area (Å²) < 4.78 is 22.9. The lowest BCUT2D eigenvalue weighted by Crippen LogP contribution is -2.49. The van der Waals surface area contributed by atoms with Gasteiger partial charge in [-0.3, -0.25) is 0 Å². The SMILES string of the molecule is CN1CCC(NC2(C)CCS(=O)(=O)C2)C1. The van der Waals surface area contributed by atoms with Crippen LogP contribution in [0.4, 0.5) is 0 Å². The van der Waals surface area contributed by atoms with Crippen LogP contribution >= 0.6 is 0 Å². The molecule has 0 aromatic heterocycles. The molecule has 0 radical (unpaired) electrons. The van der Waals surface area contributed by atoms with Gasteiger partial charge in [-0.15, -0.1) is 0 Å². The number of hydrogen-bond acceptors (Lipinski definition) is 4. The van der Waals surface area contributed by atoms with Gasteiger partial charge in [0.1, 0.15) is 0 Å². The predicted molar refractivity (Wildman–Crippen MR) is 60.7 cm³/mol. The number of hydrogen-bond donors (Lipinski definition) is 1. The van der Waals surface area contributed by atoms with E-state index in [4.69, 9.17) is 0 Å². The number of rotatable bonds is 2. The molecule has 2 fully saturated rings. The van der Waals surface area contributed by atoms with Gasteiger partial charge in [0.2, 0.25) is 0 Å². The van der Waals surface area contributed by atoms with E-state index in [9.17, 15) is 8.42 Å². The quantitative estimate of drug-likeness (QED) is 0.720. The van der Waals surface area contributed by atoms with Gasteiger partial charge in [-0.25, -0.2) is 8.42 Å². The van der Waals surface area contributed by atoms with Crippen LogP contribution in [0.3, 0.4) is 0 Å². The molecule has 2 unspecified atom stereocenters.